The monoisotopic (exact) mass is 468 g/mol. The lowest BCUT2D eigenvalue weighted by Crippen LogP contribution is -2.36. The van der Waals surface area contributed by atoms with Crippen LogP contribution >= 0.6 is 23.4 Å². The van der Waals surface area contributed by atoms with Crippen LogP contribution < -0.4 is 10.2 Å². The van der Waals surface area contributed by atoms with Crippen molar-refractivity contribution < 1.29 is 9.59 Å². The predicted molar refractivity (Wildman–Crippen MR) is 129 cm³/mol. The molecule has 1 aliphatic heterocycles. The van der Waals surface area contributed by atoms with Gasteiger partial charge in [0.1, 0.15) is 5.03 Å². The standard InChI is InChI=1S/C24H25ClN4O2S/c1-17-23-24(29(27-17)20-5-3-2-4-6-20)32-16-15-28(23)22(31)12-11-21(30)26-14-13-18-7-9-19(25)10-8-18/h2-10H,11-16H2,1H3,(H,26,30). The van der Waals surface area contributed by atoms with Crippen molar-refractivity contribution in [3.05, 3.63) is 70.9 Å². The minimum atomic E-state index is -0.115. The van der Waals surface area contributed by atoms with Crippen LogP contribution in [0.1, 0.15) is 24.1 Å². The van der Waals surface area contributed by atoms with Crippen molar-refractivity contribution in [1.82, 2.24) is 15.1 Å². The van der Waals surface area contributed by atoms with Gasteiger partial charge in [-0.15, -0.1) is 11.8 Å². The fourth-order valence-corrected chi connectivity index (χ4v) is 4.97. The van der Waals surface area contributed by atoms with Crippen molar-refractivity contribution in [3.8, 4) is 5.69 Å². The average molecular weight is 469 g/mol. The second-order valence-corrected chi connectivity index (χ2v) is 9.13. The summed E-state index contributed by atoms with van der Waals surface area (Å²) < 4.78 is 1.90. The summed E-state index contributed by atoms with van der Waals surface area (Å²) in [6.07, 6.45) is 1.07. The summed E-state index contributed by atoms with van der Waals surface area (Å²) in [6, 6.07) is 17.5. The van der Waals surface area contributed by atoms with Crippen LogP contribution in [0.3, 0.4) is 0 Å². The summed E-state index contributed by atoms with van der Waals surface area (Å²) in [5.74, 6) is 0.634. The summed E-state index contributed by atoms with van der Waals surface area (Å²) in [4.78, 5) is 27.0. The molecule has 1 aromatic heterocycles. The topological polar surface area (TPSA) is 67.2 Å². The van der Waals surface area contributed by atoms with Crippen molar-refractivity contribution in [2.75, 3.05) is 23.7 Å². The number of anilines is 1. The molecule has 0 radical (unpaired) electrons. The Morgan fingerprint density at radius 1 is 1.09 bits per heavy atom. The van der Waals surface area contributed by atoms with E-state index in [1.165, 1.54) is 0 Å². The van der Waals surface area contributed by atoms with Crippen LogP contribution in [-0.2, 0) is 16.0 Å². The number of fused-ring (bicyclic) bond motifs is 1. The highest BCUT2D eigenvalue weighted by molar-refractivity contribution is 7.99. The zero-order chi connectivity index (χ0) is 22.5. The van der Waals surface area contributed by atoms with Crippen LogP contribution in [0.5, 0.6) is 0 Å². The van der Waals surface area contributed by atoms with Gasteiger partial charge in [0.25, 0.3) is 0 Å². The van der Waals surface area contributed by atoms with Crippen molar-refractivity contribution in [2.24, 2.45) is 0 Å². The Hall–Kier alpha value is -2.77. The molecule has 0 unspecified atom stereocenters. The number of nitrogens with one attached hydrogen (secondary N) is 1. The van der Waals surface area contributed by atoms with Crippen molar-refractivity contribution in [3.63, 3.8) is 0 Å². The van der Waals surface area contributed by atoms with Gasteiger partial charge in [-0.3, -0.25) is 9.59 Å². The number of rotatable bonds is 7. The van der Waals surface area contributed by atoms with Crippen molar-refractivity contribution >= 4 is 40.9 Å². The van der Waals surface area contributed by atoms with Crippen molar-refractivity contribution in [2.45, 2.75) is 31.2 Å². The Balaban J connectivity index is 1.34. The first-order valence-electron chi connectivity index (χ1n) is 10.6. The molecule has 6 nitrogen and oxygen atoms in total. The molecule has 32 heavy (non-hydrogen) atoms. The Labute approximate surface area is 196 Å². The first-order valence-corrected chi connectivity index (χ1v) is 12.0. The van der Waals surface area contributed by atoms with Crippen LogP contribution in [0.25, 0.3) is 5.69 Å². The largest absolute Gasteiger partial charge is 0.356 e. The number of benzene rings is 2. The second kappa shape index (κ2) is 10.2. The van der Waals surface area contributed by atoms with E-state index in [0.717, 1.165) is 39.8 Å². The highest BCUT2D eigenvalue weighted by Crippen LogP contribution is 2.39. The van der Waals surface area contributed by atoms with Crippen molar-refractivity contribution in [1.29, 1.82) is 0 Å². The third-order valence-corrected chi connectivity index (χ3v) is 6.61. The molecule has 166 valence electrons. The number of halogens is 1. The molecular formula is C24H25ClN4O2S. The quantitative estimate of drug-likeness (QED) is 0.557. The highest BCUT2D eigenvalue weighted by atomic mass is 35.5. The molecular weight excluding hydrogens is 444 g/mol. The summed E-state index contributed by atoms with van der Waals surface area (Å²) in [7, 11) is 0. The lowest BCUT2D eigenvalue weighted by atomic mass is 10.1. The van der Waals surface area contributed by atoms with E-state index in [4.69, 9.17) is 11.6 Å². The van der Waals surface area contributed by atoms with Gasteiger partial charge >= 0.3 is 0 Å². The Morgan fingerprint density at radius 2 is 1.84 bits per heavy atom. The molecule has 0 fully saturated rings. The predicted octanol–water partition coefficient (Wildman–Crippen LogP) is 4.41. The number of aryl methyl sites for hydroxylation is 1. The molecule has 1 aliphatic rings. The fourth-order valence-electron chi connectivity index (χ4n) is 3.72. The Bertz CT molecular complexity index is 1100. The molecule has 0 spiro atoms. The van der Waals surface area contributed by atoms with Gasteiger partial charge < -0.3 is 10.2 Å². The first kappa shape index (κ1) is 22.4. The molecule has 2 heterocycles. The number of amides is 2. The Morgan fingerprint density at radius 3 is 2.59 bits per heavy atom. The average Bonchev–Trinajstić information content (AvgIpc) is 3.16. The van der Waals surface area contributed by atoms with Gasteiger partial charge in [-0.1, -0.05) is 41.9 Å². The van der Waals surface area contributed by atoms with E-state index in [0.29, 0.717) is 18.1 Å². The zero-order valence-corrected chi connectivity index (χ0v) is 19.5. The zero-order valence-electron chi connectivity index (χ0n) is 17.9. The number of para-hydroxylation sites is 1. The van der Waals surface area contributed by atoms with E-state index in [2.05, 4.69) is 10.4 Å². The van der Waals surface area contributed by atoms with Crippen LogP contribution in [-0.4, -0.2) is 40.4 Å². The van der Waals surface area contributed by atoms with Crippen LogP contribution in [0.2, 0.25) is 5.02 Å². The number of nitrogens with zero attached hydrogens (tertiary/aromatic N) is 3. The van der Waals surface area contributed by atoms with E-state index in [1.807, 2.05) is 66.2 Å². The number of carbonyl (C=O) groups excluding carboxylic acids is 2. The summed E-state index contributed by atoms with van der Waals surface area (Å²) >= 11 is 7.60. The van der Waals surface area contributed by atoms with Gasteiger partial charge in [0.05, 0.1) is 17.1 Å². The maximum absolute atomic E-state index is 13.0. The highest BCUT2D eigenvalue weighted by Gasteiger charge is 2.29. The number of hydrogen-bond acceptors (Lipinski definition) is 4. The van der Waals surface area contributed by atoms with Gasteiger partial charge in [0, 0.05) is 36.7 Å². The van der Waals surface area contributed by atoms with Gasteiger partial charge in [0.2, 0.25) is 11.8 Å². The van der Waals surface area contributed by atoms with E-state index in [9.17, 15) is 9.59 Å². The lowest BCUT2D eigenvalue weighted by molar-refractivity contribution is -0.125. The minimum Gasteiger partial charge on any atom is -0.356 e. The van der Waals surface area contributed by atoms with E-state index in [1.54, 1.807) is 16.7 Å². The molecule has 0 bridgehead atoms. The number of hydrogen-bond donors (Lipinski definition) is 1. The maximum Gasteiger partial charge on any atom is 0.227 e. The van der Waals surface area contributed by atoms with Crippen LogP contribution in [0, 0.1) is 6.92 Å². The summed E-state index contributed by atoms with van der Waals surface area (Å²) in [6.45, 7) is 3.08. The molecule has 2 amide bonds. The van der Waals surface area contributed by atoms with E-state index in [-0.39, 0.29) is 24.7 Å². The molecule has 0 saturated carbocycles. The Kier molecular flexibility index (Phi) is 7.17. The molecule has 3 aromatic rings. The van der Waals surface area contributed by atoms with Gasteiger partial charge in [-0.25, -0.2) is 4.68 Å². The molecule has 0 aliphatic carbocycles. The fraction of sp³-hybridized carbons (Fsp3) is 0.292. The lowest BCUT2D eigenvalue weighted by Gasteiger charge is -2.27. The summed E-state index contributed by atoms with van der Waals surface area (Å²) in [5.41, 5.74) is 3.75. The number of thioether (sulfide) groups is 1. The van der Waals surface area contributed by atoms with E-state index < -0.39 is 0 Å². The summed E-state index contributed by atoms with van der Waals surface area (Å²) in [5, 5.41) is 9.24. The third-order valence-electron chi connectivity index (χ3n) is 5.33. The molecule has 8 heteroatoms. The van der Waals surface area contributed by atoms with Crippen LogP contribution in [0.15, 0.2) is 59.6 Å². The number of aromatic nitrogens is 2. The molecule has 0 atom stereocenters. The normalized spacial score (nSPS) is 13.0. The first-order chi connectivity index (χ1) is 15.5. The van der Waals surface area contributed by atoms with Crippen LogP contribution in [0.4, 0.5) is 5.69 Å². The molecule has 1 N–H and O–H groups in total. The smallest absolute Gasteiger partial charge is 0.227 e. The molecule has 4 rings (SSSR count). The minimum absolute atomic E-state index is 0.0462. The van der Waals surface area contributed by atoms with Gasteiger partial charge in [-0.2, -0.15) is 5.10 Å². The SMILES string of the molecule is Cc1nn(-c2ccccc2)c2c1N(C(=O)CCC(=O)NCCc1ccc(Cl)cc1)CCS2. The molecule has 0 saturated heterocycles. The van der Waals surface area contributed by atoms with Gasteiger partial charge in [0.15, 0.2) is 0 Å². The molecule has 2 aromatic carbocycles. The maximum atomic E-state index is 13.0. The van der Waals surface area contributed by atoms with Gasteiger partial charge in [-0.05, 0) is 43.2 Å². The third kappa shape index (κ3) is 5.16. The number of carbonyl (C=O) groups is 2. The second-order valence-electron chi connectivity index (χ2n) is 7.61. The van der Waals surface area contributed by atoms with E-state index >= 15 is 0 Å².